The van der Waals surface area contributed by atoms with E-state index in [9.17, 15) is 9.59 Å². The predicted octanol–water partition coefficient (Wildman–Crippen LogP) is 1.82. The highest BCUT2D eigenvalue weighted by atomic mass is 16.5. The molecule has 3 amide bonds. The van der Waals surface area contributed by atoms with Gasteiger partial charge in [0.15, 0.2) is 0 Å². The topological polar surface area (TPSA) is 73.9 Å². The van der Waals surface area contributed by atoms with Crippen molar-refractivity contribution < 1.29 is 14.3 Å². The number of hydrogen-bond donors (Lipinski definition) is 2. The molecule has 1 atom stereocenters. The third-order valence-electron chi connectivity index (χ3n) is 4.91. The number of anilines is 2. The number of urea groups is 1. The van der Waals surface area contributed by atoms with Crippen molar-refractivity contribution in [3.05, 3.63) is 23.8 Å². The molecule has 2 N–H and O–H groups in total. The SMILES string of the molecule is Cc1cc(NC(=O)NC[C@H]2COCCN(C)C2)ccc1N1CCCC1=O. The van der Waals surface area contributed by atoms with Gasteiger partial charge in [0.05, 0.1) is 13.2 Å². The highest BCUT2D eigenvalue weighted by molar-refractivity contribution is 5.96. The summed E-state index contributed by atoms with van der Waals surface area (Å²) in [5.41, 5.74) is 2.64. The Balaban J connectivity index is 1.52. The van der Waals surface area contributed by atoms with Crippen LogP contribution in [0, 0.1) is 12.8 Å². The molecule has 0 unspecified atom stereocenters. The zero-order valence-corrected chi connectivity index (χ0v) is 15.6. The molecule has 26 heavy (non-hydrogen) atoms. The maximum atomic E-state index is 12.2. The Morgan fingerprint density at radius 3 is 2.92 bits per heavy atom. The molecule has 1 aromatic rings. The largest absolute Gasteiger partial charge is 0.380 e. The molecule has 7 nitrogen and oxygen atoms in total. The van der Waals surface area contributed by atoms with E-state index in [2.05, 4.69) is 22.6 Å². The average molecular weight is 360 g/mol. The summed E-state index contributed by atoms with van der Waals surface area (Å²) in [6, 6.07) is 5.43. The first kappa shape index (κ1) is 18.7. The third-order valence-corrected chi connectivity index (χ3v) is 4.91. The molecule has 2 saturated heterocycles. The number of nitrogens with one attached hydrogen (secondary N) is 2. The molecular weight excluding hydrogens is 332 g/mol. The number of benzene rings is 1. The van der Waals surface area contributed by atoms with Crippen molar-refractivity contribution >= 4 is 23.3 Å². The monoisotopic (exact) mass is 360 g/mol. The molecular formula is C19H28N4O3. The van der Waals surface area contributed by atoms with Crippen LogP contribution in [0.15, 0.2) is 18.2 Å². The third kappa shape index (κ3) is 4.74. The van der Waals surface area contributed by atoms with Crippen LogP contribution in [0.5, 0.6) is 0 Å². The number of carbonyl (C=O) groups excluding carboxylic acids is 2. The van der Waals surface area contributed by atoms with E-state index in [1.807, 2.05) is 30.0 Å². The predicted molar refractivity (Wildman–Crippen MR) is 102 cm³/mol. The molecule has 0 bridgehead atoms. The minimum absolute atomic E-state index is 0.169. The number of likely N-dealkylation sites (N-methyl/N-ethyl adjacent to an activating group) is 1. The van der Waals surface area contributed by atoms with Gasteiger partial charge in [0.2, 0.25) is 5.91 Å². The number of carbonyl (C=O) groups is 2. The quantitative estimate of drug-likeness (QED) is 0.859. The summed E-state index contributed by atoms with van der Waals surface area (Å²) in [5, 5.41) is 5.79. The Hall–Kier alpha value is -2.12. The zero-order chi connectivity index (χ0) is 18.5. The van der Waals surface area contributed by atoms with Crippen molar-refractivity contribution in [2.45, 2.75) is 19.8 Å². The number of amides is 3. The second-order valence-corrected chi connectivity index (χ2v) is 7.19. The smallest absolute Gasteiger partial charge is 0.319 e. The normalized spacial score (nSPS) is 21.5. The Labute approximate surface area is 154 Å². The van der Waals surface area contributed by atoms with Crippen molar-refractivity contribution in [1.29, 1.82) is 0 Å². The molecule has 1 aromatic carbocycles. The first-order valence-electron chi connectivity index (χ1n) is 9.25. The second kappa shape index (κ2) is 8.51. The van der Waals surface area contributed by atoms with Gasteiger partial charge in [-0.1, -0.05) is 0 Å². The van der Waals surface area contributed by atoms with Crippen LogP contribution >= 0.6 is 0 Å². The molecule has 2 aliphatic rings. The number of hydrogen-bond acceptors (Lipinski definition) is 4. The molecule has 2 aliphatic heterocycles. The molecule has 0 saturated carbocycles. The van der Waals surface area contributed by atoms with E-state index in [-0.39, 0.29) is 11.9 Å². The van der Waals surface area contributed by atoms with Gasteiger partial charge in [-0.2, -0.15) is 0 Å². The van der Waals surface area contributed by atoms with Crippen molar-refractivity contribution in [3.63, 3.8) is 0 Å². The van der Waals surface area contributed by atoms with E-state index in [4.69, 9.17) is 4.74 Å². The van der Waals surface area contributed by atoms with Gasteiger partial charge < -0.3 is 25.2 Å². The molecule has 2 fully saturated rings. The minimum Gasteiger partial charge on any atom is -0.380 e. The average Bonchev–Trinajstić information content (AvgIpc) is 2.90. The summed E-state index contributed by atoms with van der Waals surface area (Å²) in [4.78, 5) is 28.1. The summed E-state index contributed by atoms with van der Waals surface area (Å²) in [7, 11) is 2.07. The van der Waals surface area contributed by atoms with Crippen molar-refractivity contribution in [2.24, 2.45) is 5.92 Å². The number of rotatable bonds is 4. The van der Waals surface area contributed by atoms with Crippen LogP contribution in [0.4, 0.5) is 16.2 Å². The standard InChI is InChI=1S/C19H28N4O3/c1-14-10-16(5-6-17(14)23-7-3-4-18(23)24)21-19(25)20-11-15-12-22(2)8-9-26-13-15/h5-6,10,15H,3-4,7-9,11-13H2,1-2H3,(H2,20,21,25)/t15-/m1/s1. The van der Waals surface area contributed by atoms with Crippen LogP contribution in [0.1, 0.15) is 18.4 Å². The molecule has 142 valence electrons. The Morgan fingerprint density at radius 1 is 1.35 bits per heavy atom. The van der Waals surface area contributed by atoms with Crippen LogP contribution < -0.4 is 15.5 Å². The summed E-state index contributed by atoms with van der Waals surface area (Å²) in [6.45, 7) is 6.56. The number of aryl methyl sites for hydroxylation is 1. The number of nitrogens with zero attached hydrogens (tertiary/aromatic N) is 2. The van der Waals surface area contributed by atoms with E-state index >= 15 is 0 Å². The maximum absolute atomic E-state index is 12.2. The maximum Gasteiger partial charge on any atom is 0.319 e. The van der Waals surface area contributed by atoms with E-state index < -0.39 is 0 Å². The van der Waals surface area contributed by atoms with Gasteiger partial charge in [0, 0.05) is 49.9 Å². The second-order valence-electron chi connectivity index (χ2n) is 7.19. The first-order valence-corrected chi connectivity index (χ1v) is 9.25. The van der Waals surface area contributed by atoms with Crippen LogP contribution in [0.2, 0.25) is 0 Å². The van der Waals surface area contributed by atoms with E-state index in [0.717, 1.165) is 49.6 Å². The lowest BCUT2D eigenvalue weighted by atomic mass is 10.1. The fraction of sp³-hybridized carbons (Fsp3) is 0.579. The first-order chi connectivity index (χ1) is 12.5. The molecule has 7 heteroatoms. The van der Waals surface area contributed by atoms with Gasteiger partial charge in [-0.3, -0.25) is 4.79 Å². The lowest BCUT2D eigenvalue weighted by Gasteiger charge is -2.20. The van der Waals surface area contributed by atoms with Crippen molar-refractivity contribution in [1.82, 2.24) is 10.2 Å². The van der Waals surface area contributed by atoms with Gasteiger partial charge in [0.25, 0.3) is 0 Å². The fourth-order valence-corrected chi connectivity index (χ4v) is 3.53. The zero-order valence-electron chi connectivity index (χ0n) is 15.6. The molecule has 0 radical (unpaired) electrons. The summed E-state index contributed by atoms with van der Waals surface area (Å²) < 4.78 is 5.57. The van der Waals surface area contributed by atoms with Gasteiger partial charge in [-0.05, 0) is 44.2 Å². The highest BCUT2D eigenvalue weighted by Crippen LogP contribution is 2.27. The Bertz CT molecular complexity index is 664. The van der Waals surface area contributed by atoms with Crippen LogP contribution in [-0.4, -0.2) is 63.3 Å². The van der Waals surface area contributed by atoms with E-state index in [1.54, 1.807) is 0 Å². The summed E-state index contributed by atoms with van der Waals surface area (Å²) in [6.07, 6.45) is 1.52. The van der Waals surface area contributed by atoms with E-state index in [0.29, 0.717) is 25.5 Å². The van der Waals surface area contributed by atoms with Crippen LogP contribution in [0.25, 0.3) is 0 Å². The molecule has 2 heterocycles. The molecule has 0 aliphatic carbocycles. The lowest BCUT2D eigenvalue weighted by molar-refractivity contribution is -0.117. The summed E-state index contributed by atoms with van der Waals surface area (Å²) >= 11 is 0. The van der Waals surface area contributed by atoms with Crippen molar-refractivity contribution in [3.8, 4) is 0 Å². The van der Waals surface area contributed by atoms with Crippen LogP contribution in [0.3, 0.4) is 0 Å². The van der Waals surface area contributed by atoms with Crippen molar-refractivity contribution in [2.75, 3.05) is 56.7 Å². The Morgan fingerprint density at radius 2 is 2.19 bits per heavy atom. The highest BCUT2D eigenvalue weighted by Gasteiger charge is 2.23. The van der Waals surface area contributed by atoms with Gasteiger partial charge in [0.1, 0.15) is 0 Å². The van der Waals surface area contributed by atoms with Gasteiger partial charge in [-0.15, -0.1) is 0 Å². The molecule has 3 rings (SSSR count). The summed E-state index contributed by atoms with van der Waals surface area (Å²) in [5.74, 6) is 0.459. The fourth-order valence-electron chi connectivity index (χ4n) is 3.53. The van der Waals surface area contributed by atoms with Gasteiger partial charge >= 0.3 is 6.03 Å². The molecule has 0 spiro atoms. The Kier molecular flexibility index (Phi) is 6.11. The van der Waals surface area contributed by atoms with Gasteiger partial charge in [-0.25, -0.2) is 4.79 Å². The molecule has 0 aromatic heterocycles. The van der Waals surface area contributed by atoms with E-state index in [1.165, 1.54) is 0 Å². The minimum atomic E-state index is -0.221. The number of ether oxygens (including phenoxy) is 1. The van der Waals surface area contributed by atoms with Crippen LogP contribution in [-0.2, 0) is 9.53 Å². The lowest BCUT2D eigenvalue weighted by Crippen LogP contribution is -2.37.